The van der Waals surface area contributed by atoms with E-state index < -0.39 is 0 Å². The van der Waals surface area contributed by atoms with Gasteiger partial charge in [0.1, 0.15) is 0 Å². The van der Waals surface area contributed by atoms with Crippen LogP contribution in [0.25, 0.3) is 0 Å². The molecule has 0 aromatic rings. The van der Waals surface area contributed by atoms with Gasteiger partial charge in [-0.3, -0.25) is 0 Å². The molecule has 0 spiro atoms. The third-order valence-electron chi connectivity index (χ3n) is 0.145. The van der Waals surface area contributed by atoms with E-state index in [1.165, 1.54) is 7.05 Å². The van der Waals surface area contributed by atoms with Gasteiger partial charge >= 0.3 is 0 Å². The maximum atomic E-state index is 11.1. The largest absolute Gasteiger partial charge is 0.211 e. The van der Waals surface area contributed by atoms with E-state index in [0.29, 0.717) is 5.12 Å². The van der Waals surface area contributed by atoms with Gasteiger partial charge < -0.3 is 0 Å². The van der Waals surface area contributed by atoms with Crippen LogP contribution in [0.4, 0.5) is 4.48 Å². The second-order valence-corrected chi connectivity index (χ2v) is 0.841. The van der Waals surface area contributed by atoms with E-state index in [9.17, 15) is 4.48 Å². The lowest BCUT2D eigenvalue weighted by atomic mass is 11.2. The summed E-state index contributed by atoms with van der Waals surface area (Å²) in [5.74, 6) is 0. The van der Waals surface area contributed by atoms with Crippen LogP contribution in [0.3, 0.4) is 0 Å². The molecule has 0 atom stereocenters. The lowest BCUT2D eigenvalue weighted by Crippen LogP contribution is -1.97. The monoisotopic (exact) mass is 93.0 g/mol. The zero-order valence-corrected chi connectivity index (χ0v) is 3.63. The normalized spacial score (nSPS) is 6.80. The summed E-state index contributed by atoms with van der Waals surface area (Å²) >= 11 is 4.10. The third kappa shape index (κ3) is 3.82. The van der Waals surface area contributed by atoms with E-state index in [1.807, 2.05) is 0 Å². The zero-order valence-electron chi connectivity index (χ0n) is 2.81. The van der Waals surface area contributed by atoms with Crippen molar-refractivity contribution in [3.8, 4) is 0 Å². The standard InChI is InChI=1S/C2H4FNS/c1-4(3)2-5/h2H,1H3. The van der Waals surface area contributed by atoms with E-state index >= 15 is 0 Å². The lowest BCUT2D eigenvalue weighted by Gasteiger charge is -1.88. The van der Waals surface area contributed by atoms with Crippen molar-refractivity contribution >= 4 is 17.7 Å². The zero-order chi connectivity index (χ0) is 4.28. The first-order valence-electron chi connectivity index (χ1n) is 1.11. The highest BCUT2D eigenvalue weighted by atomic mass is 32.1. The smallest absolute Gasteiger partial charge is 0.0952 e. The Bertz CT molecular complexity index is 36.6. The first kappa shape index (κ1) is 4.82. The van der Waals surface area contributed by atoms with E-state index in [2.05, 4.69) is 12.2 Å². The first-order chi connectivity index (χ1) is 2.27. The minimum Gasteiger partial charge on any atom is -0.211 e. The van der Waals surface area contributed by atoms with Crippen molar-refractivity contribution in [3.05, 3.63) is 0 Å². The van der Waals surface area contributed by atoms with E-state index in [0.717, 1.165) is 5.49 Å². The van der Waals surface area contributed by atoms with Crippen LogP contribution in [0.5, 0.6) is 0 Å². The number of hydrogen-bond donors (Lipinski definition) is 0. The molecular weight excluding hydrogens is 89.1 g/mol. The summed E-state index contributed by atoms with van der Waals surface area (Å²) in [6.45, 7) is 0. The summed E-state index contributed by atoms with van der Waals surface area (Å²) in [5, 5.41) is 0.315. The molecule has 0 heterocycles. The van der Waals surface area contributed by atoms with Crippen LogP contribution in [-0.2, 0) is 0 Å². The van der Waals surface area contributed by atoms with Crippen LogP contribution in [0, 0.1) is 0 Å². The molecule has 0 aromatic heterocycles. The maximum Gasteiger partial charge on any atom is 0.0952 e. The Morgan fingerprint density at radius 2 is 2.20 bits per heavy atom. The average molecular weight is 93.1 g/mol. The Labute approximate surface area is 35.3 Å². The molecule has 0 radical (unpaired) electrons. The van der Waals surface area contributed by atoms with Crippen molar-refractivity contribution in [1.29, 1.82) is 0 Å². The van der Waals surface area contributed by atoms with Crippen molar-refractivity contribution in [2.75, 3.05) is 7.05 Å². The highest BCUT2D eigenvalue weighted by Gasteiger charge is 1.70. The molecule has 3 heteroatoms. The van der Waals surface area contributed by atoms with Gasteiger partial charge in [-0.05, 0) is 0 Å². The van der Waals surface area contributed by atoms with E-state index in [4.69, 9.17) is 0 Å². The quantitative estimate of drug-likeness (QED) is 0.348. The number of nitrogens with zero attached hydrogens (tertiary/aromatic N) is 1. The first-order valence-corrected chi connectivity index (χ1v) is 1.58. The predicted molar refractivity (Wildman–Crippen MR) is 22.5 cm³/mol. The molecule has 0 unspecified atom stereocenters. The molecule has 0 aliphatic heterocycles. The Kier molecular flexibility index (Phi) is 2.01. The molecule has 0 N–H and O–H groups in total. The van der Waals surface area contributed by atoms with Gasteiger partial charge in [-0.25, -0.2) is 5.12 Å². The molecule has 0 aliphatic carbocycles. The topological polar surface area (TPSA) is 3.24 Å². The van der Waals surface area contributed by atoms with Crippen LogP contribution in [0.15, 0.2) is 0 Å². The van der Waals surface area contributed by atoms with Crippen LogP contribution in [0.1, 0.15) is 0 Å². The Hall–Kier alpha value is -0.180. The van der Waals surface area contributed by atoms with Crippen molar-refractivity contribution < 1.29 is 4.48 Å². The van der Waals surface area contributed by atoms with Gasteiger partial charge in [0, 0.05) is 7.05 Å². The van der Waals surface area contributed by atoms with Crippen LogP contribution >= 0.6 is 12.2 Å². The van der Waals surface area contributed by atoms with Gasteiger partial charge in [-0.15, -0.1) is 4.48 Å². The molecule has 0 bridgehead atoms. The summed E-state index contributed by atoms with van der Waals surface area (Å²) in [7, 11) is 1.23. The van der Waals surface area contributed by atoms with Gasteiger partial charge in [0.25, 0.3) is 0 Å². The molecule has 0 saturated heterocycles. The van der Waals surface area contributed by atoms with Gasteiger partial charge in [0.2, 0.25) is 0 Å². The number of rotatable bonds is 1. The summed E-state index contributed by atoms with van der Waals surface area (Å²) in [5.41, 5.74) is 0.917. The lowest BCUT2D eigenvalue weighted by molar-refractivity contribution is 0.173. The maximum absolute atomic E-state index is 11.1. The van der Waals surface area contributed by atoms with Gasteiger partial charge in [-0.1, -0.05) is 12.2 Å². The summed E-state index contributed by atoms with van der Waals surface area (Å²) in [6, 6.07) is 0. The van der Waals surface area contributed by atoms with Crippen LogP contribution in [-0.4, -0.2) is 17.7 Å². The summed E-state index contributed by atoms with van der Waals surface area (Å²) in [4.78, 5) is 0. The van der Waals surface area contributed by atoms with Crippen molar-refractivity contribution in [3.63, 3.8) is 0 Å². The number of hydrogen-bond acceptors (Lipinski definition) is 1. The minimum absolute atomic E-state index is 0.315. The summed E-state index contributed by atoms with van der Waals surface area (Å²) < 4.78 is 11.1. The fraction of sp³-hybridized carbons (Fsp3) is 0.500. The molecule has 5 heavy (non-hydrogen) atoms. The Morgan fingerprint density at radius 1 is 2.00 bits per heavy atom. The molecule has 0 aliphatic rings. The third-order valence-corrected chi connectivity index (χ3v) is 0.436. The molecule has 0 amide bonds. The van der Waals surface area contributed by atoms with Crippen LogP contribution < -0.4 is 0 Å². The fourth-order valence-electron chi connectivity index (χ4n) is 0. The van der Waals surface area contributed by atoms with Gasteiger partial charge in [0.15, 0.2) is 0 Å². The highest BCUT2D eigenvalue weighted by molar-refractivity contribution is 7.78. The molecule has 0 saturated carbocycles. The summed E-state index contributed by atoms with van der Waals surface area (Å²) in [6.07, 6.45) is 0. The van der Waals surface area contributed by atoms with Crippen LogP contribution in [0.2, 0.25) is 0 Å². The van der Waals surface area contributed by atoms with Crippen molar-refractivity contribution in [2.45, 2.75) is 0 Å². The van der Waals surface area contributed by atoms with E-state index in [-0.39, 0.29) is 0 Å². The minimum atomic E-state index is 0.315. The Balaban J connectivity index is 2.83. The molecule has 1 nitrogen and oxygen atoms in total. The van der Waals surface area contributed by atoms with Crippen molar-refractivity contribution in [2.24, 2.45) is 0 Å². The average Bonchev–Trinajstić information content (AvgIpc) is 1.38. The second-order valence-electron chi connectivity index (χ2n) is 0.630. The van der Waals surface area contributed by atoms with Crippen molar-refractivity contribution in [1.82, 2.24) is 5.12 Å². The van der Waals surface area contributed by atoms with Gasteiger partial charge in [0.05, 0.1) is 5.49 Å². The molecule has 0 aromatic carbocycles. The number of halogens is 1. The van der Waals surface area contributed by atoms with Gasteiger partial charge in [-0.2, -0.15) is 0 Å². The molecular formula is C2H4FNS. The predicted octanol–water partition coefficient (Wildman–Crippen LogP) is 0.760. The number of thiocarbonyl (C=S) groups is 1. The van der Waals surface area contributed by atoms with E-state index in [1.54, 1.807) is 0 Å². The molecule has 0 rings (SSSR count). The second kappa shape index (κ2) is 2.08. The highest BCUT2D eigenvalue weighted by Crippen LogP contribution is 1.68. The Morgan fingerprint density at radius 3 is 2.20 bits per heavy atom. The SMILES string of the molecule is CN(F)C=S. The fourth-order valence-corrected chi connectivity index (χ4v) is 0. The molecule has 0 fully saturated rings. The molecule has 30 valence electrons.